The number of carbonyl (C=O) groups excluding carboxylic acids is 2. The van der Waals surface area contributed by atoms with Crippen molar-refractivity contribution in [2.24, 2.45) is 0 Å². The second-order valence-corrected chi connectivity index (χ2v) is 7.69. The number of rotatable bonds is 8. The molecule has 1 heterocycles. The highest BCUT2D eigenvalue weighted by Gasteiger charge is 2.40. The molecule has 0 spiro atoms. The third-order valence-corrected chi connectivity index (χ3v) is 5.52. The van der Waals surface area contributed by atoms with Crippen LogP contribution >= 0.6 is 0 Å². The van der Waals surface area contributed by atoms with Gasteiger partial charge >= 0.3 is 0 Å². The van der Waals surface area contributed by atoms with E-state index in [2.05, 4.69) is 27.9 Å². The van der Waals surface area contributed by atoms with Crippen LogP contribution in [0.4, 0.5) is 0 Å². The zero-order valence-corrected chi connectivity index (χ0v) is 16.9. The summed E-state index contributed by atoms with van der Waals surface area (Å²) in [5.74, 6) is -0.346. The zero-order chi connectivity index (χ0) is 20.7. The molecule has 0 bridgehead atoms. The van der Waals surface area contributed by atoms with E-state index in [0.29, 0.717) is 30.3 Å². The average molecular weight is 399 g/mol. The lowest BCUT2D eigenvalue weighted by Crippen LogP contribution is -2.60. The SMILES string of the molecule is CCCCNC(=O)C1(NC(=O)CCn2nnc3ccccc3c2=O)CCCCC1. The van der Waals surface area contributed by atoms with Gasteiger partial charge in [-0.25, -0.2) is 4.68 Å². The molecule has 1 fully saturated rings. The van der Waals surface area contributed by atoms with Gasteiger partial charge < -0.3 is 10.6 Å². The minimum atomic E-state index is -0.844. The molecular weight excluding hydrogens is 370 g/mol. The summed E-state index contributed by atoms with van der Waals surface area (Å²) in [5, 5.41) is 14.4. The molecule has 0 aliphatic heterocycles. The van der Waals surface area contributed by atoms with Crippen LogP contribution in [0.1, 0.15) is 58.3 Å². The molecule has 2 aromatic rings. The van der Waals surface area contributed by atoms with Crippen LogP contribution in [-0.2, 0) is 16.1 Å². The third kappa shape index (κ3) is 4.99. The van der Waals surface area contributed by atoms with Crippen molar-refractivity contribution in [1.29, 1.82) is 0 Å². The van der Waals surface area contributed by atoms with Crippen molar-refractivity contribution in [3.63, 3.8) is 0 Å². The number of fused-ring (bicyclic) bond motifs is 1. The Morgan fingerprint density at radius 2 is 1.93 bits per heavy atom. The van der Waals surface area contributed by atoms with Crippen molar-refractivity contribution in [2.45, 2.75) is 70.4 Å². The molecule has 3 rings (SSSR count). The van der Waals surface area contributed by atoms with Crippen molar-refractivity contribution in [3.05, 3.63) is 34.6 Å². The lowest BCUT2D eigenvalue weighted by molar-refractivity contribution is -0.135. The third-order valence-electron chi connectivity index (χ3n) is 5.52. The highest BCUT2D eigenvalue weighted by molar-refractivity contribution is 5.91. The van der Waals surface area contributed by atoms with Gasteiger partial charge in [0, 0.05) is 13.0 Å². The maximum absolute atomic E-state index is 12.8. The molecule has 1 aliphatic rings. The fourth-order valence-electron chi connectivity index (χ4n) is 3.82. The van der Waals surface area contributed by atoms with E-state index >= 15 is 0 Å². The highest BCUT2D eigenvalue weighted by Crippen LogP contribution is 2.28. The topological polar surface area (TPSA) is 106 Å². The lowest BCUT2D eigenvalue weighted by Gasteiger charge is -2.36. The molecule has 1 aromatic carbocycles. The molecule has 0 saturated heterocycles. The number of nitrogens with one attached hydrogen (secondary N) is 2. The Hall–Kier alpha value is -2.77. The maximum Gasteiger partial charge on any atom is 0.277 e. The number of carbonyl (C=O) groups is 2. The molecule has 1 aliphatic carbocycles. The number of aromatic nitrogens is 3. The fourth-order valence-corrected chi connectivity index (χ4v) is 3.82. The van der Waals surface area contributed by atoms with Crippen LogP contribution in [0.3, 0.4) is 0 Å². The van der Waals surface area contributed by atoms with Crippen LogP contribution in [0.5, 0.6) is 0 Å². The number of hydrogen-bond acceptors (Lipinski definition) is 5. The van der Waals surface area contributed by atoms with Crippen molar-refractivity contribution in [1.82, 2.24) is 25.6 Å². The summed E-state index contributed by atoms with van der Waals surface area (Å²) in [7, 11) is 0. The van der Waals surface area contributed by atoms with Crippen LogP contribution in [0.15, 0.2) is 29.1 Å². The second-order valence-electron chi connectivity index (χ2n) is 7.69. The standard InChI is InChI=1S/C21H29N5O3/c1-2-3-14-22-20(29)21(12-7-4-8-13-21)23-18(27)11-15-26-19(28)16-9-5-6-10-17(16)24-25-26/h5-6,9-10H,2-4,7-8,11-15H2,1H3,(H,22,29)(H,23,27). The predicted molar refractivity (Wildman–Crippen MR) is 110 cm³/mol. The zero-order valence-electron chi connectivity index (χ0n) is 16.9. The second kappa shape index (κ2) is 9.62. The maximum atomic E-state index is 12.8. The number of benzene rings is 1. The van der Waals surface area contributed by atoms with Gasteiger partial charge in [0.25, 0.3) is 5.56 Å². The largest absolute Gasteiger partial charge is 0.354 e. The minimum absolute atomic E-state index is 0.0664. The highest BCUT2D eigenvalue weighted by atomic mass is 16.2. The number of amides is 2. The summed E-state index contributed by atoms with van der Waals surface area (Å²) in [6.07, 6.45) is 6.17. The molecule has 1 aromatic heterocycles. The monoisotopic (exact) mass is 399 g/mol. The first-order valence-electron chi connectivity index (χ1n) is 10.5. The van der Waals surface area contributed by atoms with E-state index < -0.39 is 5.54 Å². The summed E-state index contributed by atoms with van der Waals surface area (Å²) in [5.41, 5.74) is -0.584. The molecule has 0 atom stereocenters. The average Bonchev–Trinajstić information content (AvgIpc) is 2.74. The Morgan fingerprint density at radius 3 is 2.69 bits per heavy atom. The van der Waals surface area contributed by atoms with Gasteiger partial charge in [-0.3, -0.25) is 14.4 Å². The normalized spacial score (nSPS) is 15.8. The number of aryl methyl sites for hydroxylation is 1. The Balaban J connectivity index is 1.65. The Bertz CT molecular complexity index is 918. The first-order valence-corrected chi connectivity index (χ1v) is 10.5. The molecule has 8 heteroatoms. The first-order chi connectivity index (χ1) is 14.1. The Labute approximate surface area is 170 Å². The quantitative estimate of drug-likeness (QED) is 0.660. The van der Waals surface area contributed by atoms with Crippen LogP contribution in [0, 0.1) is 0 Å². The first kappa shape index (κ1) is 21.0. The smallest absolute Gasteiger partial charge is 0.277 e. The van der Waals surface area contributed by atoms with Gasteiger partial charge in [0.15, 0.2) is 0 Å². The molecule has 1 saturated carbocycles. The summed E-state index contributed by atoms with van der Waals surface area (Å²) in [6.45, 7) is 2.81. The summed E-state index contributed by atoms with van der Waals surface area (Å²) in [6, 6.07) is 6.99. The summed E-state index contributed by atoms with van der Waals surface area (Å²) >= 11 is 0. The van der Waals surface area contributed by atoms with Crippen LogP contribution in [-0.4, -0.2) is 38.9 Å². The fraction of sp³-hybridized carbons (Fsp3) is 0.571. The van der Waals surface area contributed by atoms with E-state index in [1.807, 2.05) is 0 Å². The van der Waals surface area contributed by atoms with Gasteiger partial charge in [0.1, 0.15) is 11.1 Å². The van der Waals surface area contributed by atoms with Gasteiger partial charge in [-0.2, -0.15) is 0 Å². The van der Waals surface area contributed by atoms with Crippen molar-refractivity contribution in [2.75, 3.05) is 6.54 Å². The summed E-state index contributed by atoms with van der Waals surface area (Å²) in [4.78, 5) is 38.0. The van der Waals surface area contributed by atoms with E-state index in [1.54, 1.807) is 24.3 Å². The van der Waals surface area contributed by atoms with Crippen LogP contribution in [0.2, 0.25) is 0 Å². The molecule has 2 N–H and O–H groups in total. The molecule has 2 amide bonds. The number of hydrogen-bond donors (Lipinski definition) is 2. The number of nitrogens with zero attached hydrogens (tertiary/aromatic N) is 3. The molecule has 0 unspecified atom stereocenters. The molecule has 8 nitrogen and oxygen atoms in total. The van der Waals surface area contributed by atoms with E-state index in [4.69, 9.17) is 0 Å². The molecule has 0 radical (unpaired) electrons. The van der Waals surface area contributed by atoms with Gasteiger partial charge in [0.05, 0.1) is 11.9 Å². The summed E-state index contributed by atoms with van der Waals surface area (Å²) < 4.78 is 1.21. The van der Waals surface area contributed by atoms with Crippen LogP contribution < -0.4 is 16.2 Å². The molecule has 156 valence electrons. The Kier molecular flexibility index (Phi) is 6.95. The van der Waals surface area contributed by atoms with E-state index in [0.717, 1.165) is 32.1 Å². The minimum Gasteiger partial charge on any atom is -0.354 e. The Morgan fingerprint density at radius 1 is 1.17 bits per heavy atom. The van der Waals surface area contributed by atoms with Crippen molar-refractivity contribution < 1.29 is 9.59 Å². The van der Waals surface area contributed by atoms with Gasteiger partial charge in [-0.1, -0.05) is 50.0 Å². The van der Waals surface area contributed by atoms with Crippen molar-refractivity contribution >= 4 is 22.7 Å². The van der Waals surface area contributed by atoms with E-state index in [1.165, 1.54) is 4.68 Å². The predicted octanol–water partition coefficient (Wildman–Crippen LogP) is 1.92. The molecule has 29 heavy (non-hydrogen) atoms. The number of unbranched alkanes of at least 4 members (excludes halogenated alkanes) is 1. The van der Waals surface area contributed by atoms with Crippen molar-refractivity contribution in [3.8, 4) is 0 Å². The van der Waals surface area contributed by atoms with E-state index in [-0.39, 0.29) is 30.3 Å². The molecular formula is C21H29N5O3. The van der Waals surface area contributed by atoms with Gasteiger partial charge in [0.2, 0.25) is 11.8 Å². The van der Waals surface area contributed by atoms with E-state index in [9.17, 15) is 14.4 Å². The lowest BCUT2D eigenvalue weighted by atomic mass is 9.80. The van der Waals surface area contributed by atoms with Crippen LogP contribution in [0.25, 0.3) is 10.9 Å². The van der Waals surface area contributed by atoms with Gasteiger partial charge in [-0.05, 0) is 31.4 Å². The van der Waals surface area contributed by atoms with Gasteiger partial charge in [-0.15, -0.1) is 5.10 Å².